The van der Waals surface area contributed by atoms with Crippen LogP contribution >= 0.6 is 0 Å². The van der Waals surface area contributed by atoms with Crippen molar-refractivity contribution in [2.24, 2.45) is 5.41 Å². The summed E-state index contributed by atoms with van der Waals surface area (Å²) in [6.07, 6.45) is 3.72. The van der Waals surface area contributed by atoms with Gasteiger partial charge in [-0.25, -0.2) is 0 Å². The number of aryl methyl sites for hydroxylation is 2. The second-order valence-electron chi connectivity index (χ2n) is 6.48. The molecule has 1 N–H and O–H groups in total. The van der Waals surface area contributed by atoms with Crippen LogP contribution in [0.5, 0.6) is 0 Å². The average molecular weight is 248 g/mol. The zero-order chi connectivity index (χ0) is 13.8. The van der Waals surface area contributed by atoms with E-state index in [1.165, 1.54) is 24.8 Å². The van der Waals surface area contributed by atoms with Crippen LogP contribution in [0.3, 0.4) is 0 Å². The molecule has 2 heteroatoms. The minimum absolute atomic E-state index is 0.433. The van der Waals surface area contributed by atoms with E-state index in [1.807, 2.05) is 7.05 Å². The van der Waals surface area contributed by atoms with E-state index in [9.17, 15) is 0 Å². The van der Waals surface area contributed by atoms with E-state index in [0.29, 0.717) is 11.5 Å². The Kier molecular flexibility index (Phi) is 5.33. The van der Waals surface area contributed by atoms with E-state index in [1.54, 1.807) is 0 Å². The molecule has 0 saturated heterocycles. The maximum Gasteiger partial charge on any atom is 0.0379 e. The van der Waals surface area contributed by atoms with Crippen molar-refractivity contribution in [1.82, 2.24) is 10.3 Å². The van der Waals surface area contributed by atoms with Gasteiger partial charge in [-0.3, -0.25) is 4.98 Å². The van der Waals surface area contributed by atoms with Gasteiger partial charge < -0.3 is 5.32 Å². The molecule has 0 aromatic carbocycles. The lowest BCUT2D eigenvalue weighted by Gasteiger charge is -2.21. The lowest BCUT2D eigenvalue weighted by atomic mass is 9.88. The molecule has 1 rings (SSSR count). The smallest absolute Gasteiger partial charge is 0.0379 e. The first-order valence-corrected chi connectivity index (χ1v) is 6.94. The SMILES string of the molecule is CNC(CCCC(C)(C)C)c1cc(C)nc(C)c1. The Morgan fingerprint density at radius 2 is 1.72 bits per heavy atom. The fourth-order valence-corrected chi connectivity index (χ4v) is 2.38. The molecule has 0 spiro atoms. The maximum absolute atomic E-state index is 4.44. The van der Waals surface area contributed by atoms with E-state index in [4.69, 9.17) is 0 Å². The van der Waals surface area contributed by atoms with Gasteiger partial charge in [0.2, 0.25) is 0 Å². The predicted molar refractivity (Wildman–Crippen MR) is 78.8 cm³/mol. The third kappa shape index (κ3) is 5.18. The summed E-state index contributed by atoms with van der Waals surface area (Å²) in [6, 6.07) is 4.85. The molecule has 0 saturated carbocycles. The van der Waals surface area contributed by atoms with Crippen molar-refractivity contribution in [2.75, 3.05) is 7.05 Å². The molecule has 0 radical (unpaired) electrons. The van der Waals surface area contributed by atoms with Crippen LogP contribution in [0.4, 0.5) is 0 Å². The predicted octanol–water partition coefficient (Wildman–Crippen LogP) is 4.18. The molecule has 0 aliphatic heterocycles. The molecule has 0 aliphatic rings. The van der Waals surface area contributed by atoms with Crippen molar-refractivity contribution in [2.45, 2.75) is 59.9 Å². The van der Waals surface area contributed by atoms with Gasteiger partial charge in [0.1, 0.15) is 0 Å². The van der Waals surface area contributed by atoms with Crippen molar-refractivity contribution < 1.29 is 0 Å². The third-order valence-corrected chi connectivity index (χ3v) is 3.27. The van der Waals surface area contributed by atoms with E-state index in [0.717, 1.165) is 11.4 Å². The van der Waals surface area contributed by atoms with Crippen LogP contribution in [-0.4, -0.2) is 12.0 Å². The summed E-state index contributed by atoms with van der Waals surface area (Å²) in [6.45, 7) is 11.1. The summed E-state index contributed by atoms with van der Waals surface area (Å²) in [5, 5.41) is 3.43. The zero-order valence-electron chi connectivity index (χ0n) is 12.8. The van der Waals surface area contributed by atoms with Crippen LogP contribution < -0.4 is 5.32 Å². The fraction of sp³-hybridized carbons (Fsp3) is 0.688. The number of hydrogen-bond donors (Lipinski definition) is 1. The zero-order valence-corrected chi connectivity index (χ0v) is 12.8. The summed E-state index contributed by atoms with van der Waals surface area (Å²) in [5.74, 6) is 0. The van der Waals surface area contributed by atoms with E-state index < -0.39 is 0 Å². The van der Waals surface area contributed by atoms with Gasteiger partial charge in [-0.2, -0.15) is 0 Å². The van der Waals surface area contributed by atoms with Gasteiger partial charge in [0.15, 0.2) is 0 Å². The van der Waals surface area contributed by atoms with Gasteiger partial charge in [0.25, 0.3) is 0 Å². The normalized spacial score (nSPS) is 13.7. The Bertz CT molecular complexity index is 357. The lowest BCUT2D eigenvalue weighted by molar-refractivity contribution is 0.347. The molecule has 1 aromatic rings. The van der Waals surface area contributed by atoms with Crippen LogP contribution in [0.25, 0.3) is 0 Å². The van der Waals surface area contributed by atoms with Gasteiger partial charge in [0.05, 0.1) is 0 Å². The number of nitrogens with zero attached hydrogens (tertiary/aromatic N) is 1. The molecule has 1 aromatic heterocycles. The highest BCUT2D eigenvalue weighted by atomic mass is 14.9. The molecular weight excluding hydrogens is 220 g/mol. The highest BCUT2D eigenvalue weighted by Gasteiger charge is 2.14. The van der Waals surface area contributed by atoms with Crippen LogP contribution in [-0.2, 0) is 0 Å². The lowest BCUT2D eigenvalue weighted by Crippen LogP contribution is -2.17. The number of aromatic nitrogens is 1. The first-order valence-electron chi connectivity index (χ1n) is 6.94. The van der Waals surface area contributed by atoms with Crippen molar-refractivity contribution >= 4 is 0 Å². The molecule has 1 unspecified atom stereocenters. The molecule has 0 fully saturated rings. The van der Waals surface area contributed by atoms with Crippen molar-refractivity contribution in [1.29, 1.82) is 0 Å². The topological polar surface area (TPSA) is 24.9 Å². The summed E-state index contributed by atoms with van der Waals surface area (Å²) in [4.78, 5) is 4.44. The quantitative estimate of drug-likeness (QED) is 0.845. The van der Waals surface area contributed by atoms with E-state index >= 15 is 0 Å². The van der Waals surface area contributed by atoms with Crippen molar-refractivity contribution in [3.8, 4) is 0 Å². The highest BCUT2D eigenvalue weighted by molar-refractivity contribution is 5.23. The van der Waals surface area contributed by atoms with Crippen LogP contribution in [0.1, 0.15) is 63.0 Å². The van der Waals surface area contributed by atoms with Gasteiger partial charge in [-0.1, -0.05) is 27.2 Å². The Morgan fingerprint density at radius 3 is 2.17 bits per heavy atom. The fourth-order valence-electron chi connectivity index (χ4n) is 2.38. The molecule has 0 amide bonds. The molecule has 2 nitrogen and oxygen atoms in total. The van der Waals surface area contributed by atoms with Gasteiger partial charge in [0, 0.05) is 17.4 Å². The number of rotatable bonds is 5. The third-order valence-electron chi connectivity index (χ3n) is 3.27. The molecule has 1 atom stereocenters. The molecule has 0 aliphatic carbocycles. The first-order chi connectivity index (χ1) is 8.31. The molecule has 1 heterocycles. The van der Waals surface area contributed by atoms with Gasteiger partial charge in [-0.15, -0.1) is 0 Å². The summed E-state index contributed by atoms with van der Waals surface area (Å²) in [5.41, 5.74) is 4.03. The Labute approximate surface area is 112 Å². The second-order valence-corrected chi connectivity index (χ2v) is 6.48. The van der Waals surface area contributed by atoms with Gasteiger partial charge in [-0.05, 0) is 56.8 Å². The molecule has 0 bridgehead atoms. The maximum atomic E-state index is 4.44. The largest absolute Gasteiger partial charge is 0.313 e. The van der Waals surface area contributed by atoms with Crippen molar-refractivity contribution in [3.63, 3.8) is 0 Å². The molecule has 18 heavy (non-hydrogen) atoms. The number of nitrogens with one attached hydrogen (secondary N) is 1. The summed E-state index contributed by atoms with van der Waals surface area (Å²) in [7, 11) is 2.05. The molecule has 102 valence electrons. The van der Waals surface area contributed by atoms with Crippen LogP contribution in [0, 0.1) is 19.3 Å². The van der Waals surface area contributed by atoms with Crippen LogP contribution in [0.15, 0.2) is 12.1 Å². The van der Waals surface area contributed by atoms with Crippen LogP contribution in [0.2, 0.25) is 0 Å². The minimum Gasteiger partial charge on any atom is -0.313 e. The van der Waals surface area contributed by atoms with Gasteiger partial charge >= 0.3 is 0 Å². The highest BCUT2D eigenvalue weighted by Crippen LogP contribution is 2.26. The van der Waals surface area contributed by atoms with Crippen molar-refractivity contribution in [3.05, 3.63) is 29.1 Å². The molecular formula is C16H28N2. The van der Waals surface area contributed by atoms with E-state index in [-0.39, 0.29) is 0 Å². The average Bonchev–Trinajstić information content (AvgIpc) is 2.21. The first kappa shape index (κ1) is 15.2. The minimum atomic E-state index is 0.433. The standard InChI is InChI=1S/C16H28N2/c1-12-10-14(11-13(2)18-12)15(17-6)8-7-9-16(3,4)5/h10-11,15,17H,7-9H2,1-6H3. The monoisotopic (exact) mass is 248 g/mol. The second kappa shape index (κ2) is 6.33. The summed E-state index contributed by atoms with van der Waals surface area (Å²) < 4.78 is 0. The van der Waals surface area contributed by atoms with E-state index in [2.05, 4.69) is 57.1 Å². The Balaban J connectivity index is 2.65. The Morgan fingerprint density at radius 1 is 1.17 bits per heavy atom. The Hall–Kier alpha value is -0.890. The summed E-state index contributed by atoms with van der Waals surface area (Å²) >= 11 is 0. The number of pyridine rings is 1. The number of hydrogen-bond acceptors (Lipinski definition) is 2.